The summed E-state index contributed by atoms with van der Waals surface area (Å²) in [5.74, 6) is 0.724. The van der Waals surface area contributed by atoms with Crippen LogP contribution in [0.4, 0.5) is 10.5 Å². The first kappa shape index (κ1) is 13.6. The van der Waals surface area contributed by atoms with Gasteiger partial charge in [0, 0.05) is 37.2 Å². The van der Waals surface area contributed by atoms with E-state index >= 15 is 0 Å². The Bertz CT molecular complexity index is 693. The number of fused-ring (bicyclic) bond motifs is 1. The molecule has 21 heavy (non-hydrogen) atoms. The first-order valence-electron chi connectivity index (χ1n) is 6.88. The van der Waals surface area contributed by atoms with Crippen LogP contribution in [0, 0.1) is 12.8 Å². The van der Waals surface area contributed by atoms with Gasteiger partial charge in [-0.1, -0.05) is 12.2 Å². The second-order valence-corrected chi connectivity index (χ2v) is 5.18. The lowest BCUT2D eigenvalue weighted by molar-refractivity contribution is 0.238. The number of urea groups is 1. The van der Waals surface area contributed by atoms with Gasteiger partial charge in [0.1, 0.15) is 5.52 Å². The number of rotatable bonds is 3. The molecule has 0 saturated carbocycles. The summed E-state index contributed by atoms with van der Waals surface area (Å²) >= 11 is 0. The van der Waals surface area contributed by atoms with E-state index in [1.54, 1.807) is 25.1 Å². The van der Waals surface area contributed by atoms with Crippen LogP contribution in [0.2, 0.25) is 0 Å². The Morgan fingerprint density at radius 2 is 2.33 bits per heavy atom. The Labute approximate surface area is 121 Å². The number of benzene rings is 1. The maximum absolute atomic E-state index is 11.9. The van der Waals surface area contributed by atoms with Gasteiger partial charge in [-0.25, -0.2) is 9.78 Å². The van der Waals surface area contributed by atoms with Gasteiger partial charge in [-0.2, -0.15) is 0 Å². The SMILES string of the molecule is Cc1nc2ccc(NC(=O)N[C@@H]3C=C[C@H](CO)C3)cc2o1. The molecule has 0 radical (unpaired) electrons. The molecule has 1 heterocycles. The molecule has 2 aromatic rings. The van der Waals surface area contributed by atoms with Crippen molar-refractivity contribution in [2.75, 3.05) is 11.9 Å². The van der Waals surface area contributed by atoms with Gasteiger partial charge in [0.05, 0.1) is 0 Å². The molecule has 6 nitrogen and oxygen atoms in total. The summed E-state index contributed by atoms with van der Waals surface area (Å²) in [5.41, 5.74) is 2.06. The maximum atomic E-state index is 11.9. The van der Waals surface area contributed by atoms with Crippen LogP contribution < -0.4 is 10.6 Å². The smallest absolute Gasteiger partial charge is 0.319 e. The van der Waals surface area contributed by atoms with Gasteiger partial charge < -0.3 is 20.2 Å². The summed E-state index contributed by atoms with van der Waals surface area (Å²) < 4.78 is 5.43. The highest BCUT2D eigenvalue weighted by Gasteiger charge is 2.19. The van der Waals surface area contributed by atoms with E-state index in [0.29, 0.717) is 17.2 Å². The number of aromatic nitrogens is 1. The second kappa shape index (κ2) is 5.57. The molecule has 0 aliphatic heterocycles. The number of aliphatic hydroxyl groups is 1. The normalized spacial score (nSPS) is 20.9. The van der Waals surface area contributed by atoms with Crippen molar-refractivity contribution < 1.29 is 14.3 Å². The monoisotopic (exact) mass is 287 g/mol. The Morgan fingerprint density at radius 3 is 3.10 bits per heavy atom. The fourth-order valence-electron chi connectivity index (χ4n) is 2.47. The molecule has 3 rings (SSSR count). The van der Waals surface area contributed by atoms with Gasteiger partial charge in [0.25, 0.3) is 0 Å². The molecule has 6 heteroatoms. The third-order valence-corrected chi connectivity index (χ3v) is 3.48. The highest BCUT2D eigenvalue weighted by Crippen LogP contribution is 2.20. The molecule has 1 aromatic carbocycles. The van der Waals surface area contributed by atoms with E-state index in [4.69, 9.17) is 9.52 Å². The minimum atomic E-state index is -0.279. The number of anilines is 1. The molecular formula is C15H17N3O3. The molecule has 110 valence electrons. The minimum absolute atomic E-state index is 0.0431. The molecule has 0 unspecified atom stereocenters. The molecule has 0 bridgehead atoms. The third-order valence-electron chi connectivity index (χ3n) is 3.48. The van der Waals surface area contributed by atoms with Crippen molar-refractivity contribution in [3.63, 3.8) is 0 Å². The van der Waals surface area contributed by atoms with Crippen molar-refractivity contribution in [1.82, 2.24) is 10.3 Å². The Morgan fingerprint density at radius 1 is 1.48 bits per heavy atom. The minimum Gasteiger partial charge on any atom is -0.441 e. The number of aliphatic hydroxyl groups excluding tert-OH is 1. The van der Waals surface area contributed by atoms with E-state index in [9.17, 15) is 4.79 Å². The van der Waals surface area contributed by atoms with Crippen molar-refractivity contribution in [2.45, 2.75) is 19.4 Å². The summed E-state index contributed by atoms with van der Waals surface area (Å²) in [6.07, 6.45) is 4.56. The van der Waals surface area contributed by atoms with E-state index in [2.05, 4.69) is 15.6 Å². The fraction of sp³-hybridized carbons (Fsp3) is 0.333. The summed E-state index contributed by atoms with van der Waals surface area (Å²) in [6.45, 7) is 1.89. The zero-order valence-corrected chi connectivity index (χ0v) is 11.7. The first-order valence-corrected chi connectivity index (χ1v) is 6.88. The van der Waals surface area contributed by atoms with Crippen LogP contribution in [0.3, 0.4) is 0 Å². The lowest BCUT2D eigenvalue weighted by Crippen LogP contribution is -2.36. The first-order chi connectivity index (χ1) is 10.1. The molecule has 3 N–H and O–H groups in total. The summed E-state index contributed by atoms with van der Waals surface area (Å²) in [5, 5.41) is 14.7. The van der Waals surface area contributed by atoms with Crippen molar-refractivity contribution in [3.8, 4) is 0 Å². The molecule has 2 atom stereocenters. The van der Waals surface area contributed by atoms with E-state index in [1.807, 2.05) is 12.2 Å². The summed E-state index contributed by atoms with van der Waals surface area (Å²) in [4.78, 5) is 16.1. The van der Waals surface area contributed by atoms with Crippen LogP contribution in [0.25, 0.3) is 11.1 Å². The van der Waals surface area contributed by atoms with Gasteiger partial charge in [-0.15, -0.1) is 0 Å². The van der Waals surface area contributed by atoms with Crippen molar-refractivity contribution >= 4 is 22.8 Å². The Balaban J connectivity index is 1.62. The van der Waals surface area contributed by atoms with Gasteiger partial charge in [-0.3, -0.25) is 0 Å². The maximum Gasteiger partial charge on any atom is 0.319 e. The topological polar surface area (TPSA) is 87.4 Å². The number of amides is 2. The van der Waals surface area contributed by atoms with Crippen molar-refractivity contribution in [2.24, 2.45) is 5.92 Å². The van der Waals surface area contributed by atoms with Crippen LogP contribution in [0.15, 0.2) is 34.8 Å². The average molecular weight is 287 g/mol. The molecule has 1 aromatic heterocycles. The molecule has 0 fully saturated rings. The Kier molecular flexibility index (Phi) is 3.62. The van der Waals surface area contributed by atoms with Crippen LogP contribution in [-0.2, 0) is 0 Å². The molecule has 1 aliphatic carbocycles. The number of aryl methyl sites for hydroxylation is 1. The summed E-state index contributed by atoms with van der Waals surface area (Å²) in [7, 11) is 0. The fourth-order valence-corrected chi connectivity index (χ4v) is 2.47. The van der Waals surface area contributed by atoms with E-state index in [0.717, 1.165) is 11.9 Å². The predicted molar refractivity (Wildman–Crippen MR) is 79.0 cm³/mol. The number of carbonyl (C=O) groups is 1. The number of nitrogens with one attached hydrogen (secondary N) is 2. The number of hydrogen-bond acceptors (Lipinski definition) is 4. The second-order valence-electron chi connectivity index (χ2n) is 5.18. The molecule has 0 saturated heterocycles. The van der Waals surface area contributed by atoms with Gasteiger partial charge >= 0.3 is 6.03 Å². The Hall–Kier alpha value is -2.34. The predicted octanol–water partition coefficient (Wildman–Crippen LogP) is 2.19. The van der Waals surface area contributed by atoms with Gasteiger partial charge in [0.2, 0.25) is 0 Å². The standard InChI is InChI=1S/C15H17N3O3/c1-9-16-13-5-4-12(7-14(13)21-9)18-15(20)17-11-3-2-10(6-11)8-19/h2-5,7,10-11,19H,6,8H2,1H3,(H2,17,18,20)/t10-,11+/m0/s1. The number of nitrogens with zero attached hydrogens (tertiary/aromatic N) is 1. The van der Waals surface area contributed by atoms with Crippen molar-refractivity contribution in [3.05, 3.63) is 36.2 Å². The zero-order valence-electron chi connectivity index (χ0n) is 11.7. The molecule has 1 aliphatic rings. The number of carbonyl (C=O) groups excluding carboxylic acids is 1. The largest absolute Gasteiger partial charge is 0.441 e. The molecule has 0 spiro atoms. The van der Waals surface area contributed by atoms with E-state index < -0.39 is 0 Å². The third kappa shape index (κ3) is 3.05. The van der Waals surface area contributed by atoms with Crippen LogP contribution in [-0.4, -0.2) is 28.8 Å². The number of oxazole rings is 1. The highest BCUT2D eigenvalue weighted by atomic mass is 16.3. The van der Waals surface area contributed by atoms with Crippen LogP contribution >= 0.6 is 0 Å². The number of hydrogen-bond donors (Lipinski definition) is 3. The van der Waals surface area contributed by atoms with E-state index in [1.165, 1.54) is 0 Å². The average Bonchev–Trinajstić information content (AvgIpc) is 3.03. The molecule has 2 amide bonds. The van der Waals surface area contributed by atoms with E-state index in [-0.39, 0.29) is 24.6 Å². The van der Waals surface area contributed by atoms with Gasteiger partial charge in [-0.05, 0) is 18.6 Å². The molecular weight excluding hydrogens is 270 g/mol. The summed E-state index contributed by atoms with van der Waals surface area (Å²) in [6, 6.07) is 5.01. The quantitative estimate of drug-likeness (QED) is 0.755. The van der Waals surface area contributed by atoms with Crippen LogP contribution in [0.1, 0.15) is 12.3 Å². The lowest BCUT2D eigenvalue weighted by Gasteiger charge is -2.13. The van der Waals surface area contributed by atoms with Gasteiger partial charge in [0.15, 0.2) is 11.5 Å². The highest BCUT2D eigenvalue weighted by molar-refractivity contribution is 5.91. The lowest BCUT2D eigenvalue weighted by atomic mass is 10.1. The van der Waals surface area contributed by atoms with Crippen molar-refractivity contribution in [1.29, 1.82) is 0 Å². The zero-order chi connectivity index (χ0) is 14.8. The van der Waals surface area contributed by atoms with Crippen LogP contribution in [0.5, 0.6) is 0 Å².